The van der Waals surface area contributed by atoms with Gasteiger partial charge in [-0.05, 0) is 26.2 Å². The van der Waals surface area contributed by atoms with Gasteiger partial charge in [-0.15, -0.1) is 0 Å². The van der Waals surface area contributed by atoms with E-state index in [1.165, 1.54) is 12.8 Å². The van der Waals surface area contributed by atoms with Crippen molar-refractivity contribution in [2.75, 3.05) is 13.1 Å². The molecule has 1 fully saturated rings. The van der Waals surface area contributed by atoms with Gasteiger partial charge in [-0.25, -0.2) is 4.79 Å². The van der Waals surface area contributed by atoms with Crippen LogP contribution in [0.4, 0.5) is 0 Å². The molecule has 0 aromatic carbocycles. The standard InChI is InChI=1S/C12H21NO2/c1-4-7-11(13-8-5-6-9-13)15-12(14)10(2)3/h11H,2,4-9H2,1,3H3. The Balaban J connectivity index is 2.49. The van der Waals surface area contributed by atoms with Gasteiger partial charge in [0.15, 0.2) is 6.23 Å². The quantitative estimate of drug-likeness (QED) is 0.516. The zero-order chi connectivity index (χ0) is 11.3. The highest BCUT2D eigenvalue weighted by Crippen LogP contribution is 2.17. The summed E-state index contributed by atoms with van der Waals surface area (Å²) in [6.45, 7) is 9.50. The highest BCUT2D eigenvalue weighted by atomic mass is 16.6. The molecule has 0 saturated carbocycles. The van der Waals surface area contributed by atoms with Gasteiger partial charge in [0, 0.05) is 18.7 Å². The first-order valence-corrected chi connectivity index (χ1v) is 5.75. The van der Waals surface area contributed by atoms with E-state index in [9.17, 15) is 4.79 Å². The first-order chi connectivity index (χ1) is 7.15. The Bertz CT molecular complexity index is 232. The largest absolute Gasteiger partial charge is 0.443 e. The van der Waals surface area contributed by atoms with Crippen molar-refractivity contribution >= 4 is 5.97 Å². The molecule has 1 heterocycles. The van der Waals surface area contributed by atoms with Crippen molar-refractivity contribution in [2.24, 2.45) is 0 Å². The predicted molar refractivity (Wildman–Crippen MR) is 60.4 cm³/mol. The summed E-state index contributed by atoms with van der Waals surface area (Å²) < 4.78 is 5.42. The van der Waals surface area contributed by atoms with E-state index in [1.807, 2.05) is 0 Å². The Morgan fingerprint density at radius 1 is 1.47 bits per heavy atom. The minimum Gasteiger partial charge on any atom is -0.443 e. The molecule has 3 heteroatoms. The first-order valence-electron chi connectivity index (χ1n) is 5.75. The van der Waals surface area contributed by atoms with Crippen molar-refractivity contribution < 1.29 is 9.53 Å². The maximum atomic E-state index is 11.4. The van der Waals surface area contributed by atoms with Crippen molar-refractivity contribution in [3.63, 3.8) is 0 Å². The third kappa shape index (κ3) is 3.67. The molecule has 0 aromatic rings. The van der Waals surface area contributed by atoms with Gasteiger partial charge >= 0.3 is 5.97 Å². The number of esters is 1. The lowest BCUT2D eigenvalue weighted by Gasteiger charge is -2.26. The second kappa shape index (κ2) is 5.91. The summed E-state index contributed by atoms with van der Waals surface area (Å²) in [6, 6.07) is 0. The number of hydrogen-bond acceptors (Lipinski definition) is 3. The number of nitrogens with zero attached hydrogens (tertiary/aromatic N) is 1. The summed E-state index contributed by atoms with van der Waals surface area (Å²) in [6.07, 6.45) is 4.33. The van der Waals surface area contributed by atoms with E-state index >= 15 is 0 Å². The van der Waals surface area contributed by atoms with E-state index in [4.69, 9.17) is 4.74 Å². The van der Waals surface area contributed by atoms with Crippen molar-refractivity contribution in [1.82, 2.24) is 4.90 Å². The fourth-order valence-corrected chi connectivity index (χ4v) is 1.82. The van der Waals surface area contributed by atoms with Crippen LogP contribution in [-0.4, -0.2) is 30.2 Å². The molecule has 0 aliphatic carbocycles. The van der Waals surface area contributed by atoms with E-state index in [-0.39, 0.29) is 12.2 Å². The second-order valence-corrected chi connectivity index (χ2v) is 4.17. The maximum absolute atomic E-state index is 11.4. The fraction of sp³-hybridized carbons (Fsp3) is 0.750. The summed E-state index contributed by atoms with van der Waals surface area (Å²) in [7, 11) is 0. The molecule has 0 amide bonds. The van der Waals surface area contributed by atoms with Crippen molar-refractivity contribution in [2.45, 2.75) is 45.8 Å². The SMILES string of the molecule is C=C(C)C(=O)OC(CCC)N1CCCC1. The van der Waals surface area contributed by atoms with E-state index in [2.05, 4.69) is 18.4 Å². The average Bonchev–Trinajstić information content (AvgIpc) is 2.69. The monoisotopic (exact) mass is 211 g/mol. The maximum Gasteiger partial charge on any atom is 0.334 e. The van der Waals surface area contributed by atoms with Crippen LogP contribution in [0.2, 0.25) is 0 Å². The number of carbonyl (C=O) groups is 1. The minimum atomic E-state index is -0.264. The van der Waals surface area contributed by atoms with Gasteiger partial charge in [0.1, 0.15) is 0 Å². The average molecular weight is 211 g/mol. The zero-order valence-electron chi connectivity index (χ0n) is 9.79. The molecular weight excluding hydrogens is 190 g/mol. The molecule has 0 spiro atoms. The summed E-state index contributed by atoms with van der Waals surface area (Å²) in [5.74, 6) is -0.264. The fourth-order valence-electron chi connectivity index (χ4n) is 1.82. The van der Waals surface area contributed by atoms with Crippen LogP contribution in [0.5, 0.6) is 0 Å². The summed E-state index contributed by atoms with van der Waals surface area (Å²) in [5.41, 5.74) is 0.482. The molecule has 1 atom stereocenters. The number of ether oxygens (including phenoxy) is 1. The lowest BCUT2D eigenvalue weighted by molar-refractivity contribution is -0.154. The third-order valence-corrected chi connectivity index (χ3v) is 2.68. The van der Waals surface area contributed by atoms with Crippen LogP contribution < -0.4 is 0 Å². The summed E-state index contributed by atoms with van der Waals surface area (Å²) >= 11 is 0. The number of hydrogen-bond donors (Lipinski definition) is 0. The van der Waals surface area contributed by atoms with Crippen molar-refractivity contribution in [3.8, 4) is 0 Å². The van der Waals surface area contributed by atoms with Crippen molar-refractivity contribution in [1.29, 1.82) is 0 Å². The molecule has 15 heavy (non-hydrogen) atoms. The normalized spacial score (nSPS) is 18.8. The van der Waals surface area contributed by atoms with Gasteiger partial charge in [-0.2, -0.15) is 0 Å². The molecule has 1 aliphatic rings. The molecule has 0 N–H and O–H groups in total. The molecular formula is C12H21NO2. The van der Waals surface area contributed by atoms with Crippen LogP contribution in [0.3, 0.4) is 0 Å². The number of likely N-dealkylation sites (tertiary alicyclic amines) is 1. The zero-order valence-corrected chi connectivity index (χ0v) is 9.79. The van der Waals surface area contributed by atoms with Gasteiger partial charge < -0.3 is 4.74 Å². The van der Waals surface area contributed by atoms with E-state index < -0.39 is 0 Å². The van der Waals surface area contributed by atoms with Crippen LogP contribution in [0.15, 0.2) is 12.2 Å². The molecule has 86 valence electrons. The Hall–Kier alpha value is -0.830. The summed E-state index contributed by atoms with van der Waals surface area (Å²) in [4.78, 5) is 13.7. The van der Waals surface area contributed by atoms with Crippen LogP contribution in [0.25, 0.3) is 0 Å². The van der Waals surface area contributed by atoms with Crippen molar-refractivity contribution in [3.05, 3.63) is 12.2 Å². The molecule has 1 saturated heterocycles. The minimum absolute atomic E-state index is 0.0401. The Morgan fingerprint density at radius 2 is 2.07 bits per heavy atom. The molecule has 0 aromatic heterocycles. The highest BCUT2D eigenvalue weighted by Gasteiger charge is 2.24. The molecule has 1 unspecified atom stereocenters. The Kier molecular flexibility index (Phi) is 4.82. The predicted octanol–water partition coefficient (Wildman–Crippen LogP) is 2.33. The molecule has 1 aliphatic heterocycles. The molecule has 0 bridgehead atoms. The van der Waals surface area contributed by atoms with E-state index in [1.54, 1.807) is 6.92 Å². The molecule has 1 rings (SSSR count). The third-order valence-electron chi connectivity index (χ3n) is 2.68. The lowest BCUT2D eigenvalue weighted by atomic mass is 10.3. The van der Waals surface area contributed by atoms with Crippen LogP contribution >= 0.6 is 0 Å². The van der Waals surface area contributed by atoms with Gasteiger partial charge in [0.25, 0.3) is 0 Å². The summed E-state index contributed by atoms with van der Waals surface area (Å²) in [5, 5.41) is 0. The van der Waals surface area contributed by atoms with E-state index in [0.717, 1.165) is 25.9 Å². The number of carbonyl (C=O) groups excluding carboxylic acids is 1. The van der Waals surface area contributed by atoms with Crippen LogP contribution in [0, 0.1) is 0 Å². The molecule has 0 radical (unpaired) electrons. The highest BCUT2D eigenvalue weighted by molar-refractivity contribution is 5.87. The van der Waals surface area contributed by atoms with E-state index in [0.29, 0.717) is 5.57 Å². The van der Waals surface area contributed by atoms with Gasteiger partial charge in [0.2, 0.25) is 0 Å². The van der Waals surface area contributed by atoms with Crippen LogP contribution in [-0.2, 0) is 9.53 Å². The van der Waals surface area contributed by atoms with Gasteiger partial charge in [0.05, 0.1) is 0 Å². The van der Waals surface area contributed by atoms with Gasteiger partial charge in [-0.1, -0.05) is 19.9 Å². The Morgan fingerprint density at radius 3 is 2.53 bits per heavy atom. The molecule has 3 nitrogen and oxygen atoms in total. The second-order valence-electron chi connectivity index (χ2n) is 4.17. The smallest absolute Gasteiger partial charge is 0.334 e. The van der Waals surface area contributed by atoms with Gasteiger partial charge in [-0.3, -0.25) is 4.90 Å². The lowest BCUT2D eigenvalue weighted by Crippen LogP contribution is -2.36. The van der Waals surface area contributed by atoms with Crippen LogP contribution in [0.1, 0.15) is 39.5 Å². The topological polar surface area (TPSA) is 29.5 Å². The first kappa shape index (κ1) is 12.2. The number of rotatable bonds is 5. The Labute approximate surface area is 92.1 Å².